The van der Waals surface area contributed by atoms with Gasteiger partial charge in [0, 0.05) is 12.2 Å². The van der Waals surface area contributed by atoms with Gasteiger partial charge in [0.15, 0.2) is 11.5 Å². The number of nitrogens with zero attached hydrogens (tertiary/aromatic N) is 2. The Kier molecular flexibility index (Phi) is 5.61. The second-order valence-corrected chi connectivity index (χ2v) is 6.46. The van der Waals surface area contributed by atoms with E-state index in [0.29, 0.717) is 35.2 Å². The molecule has 3 rings (SSSR count). The zero-order valence-electron chi connectivity index (χ0n) is 14.2. The second-order valence-electron chi connectivity index (χ2n) is 6.05. The van der Waals surface area contributed by atoms with Crippen molar-refractivity contribution >= 4 is 23.2 Å². The van der Waals surface area contributed by atoms with E-state index < -0.39 is 0 Å². The van der Waals surface area contributed by atoms with Crippen LogP contribution in [0.3, 0.4) is 0 Å². The number of carbonyl (C=O) groups is 1. The fraction of sp³-hybridized carbons (Fsp3) is 0.263. The minimum atomic E-state index is -0.176. The molecule has 0 saturated carbocycles. The van der Waals surface area contributed by atoms with E-state index in [1.807, 2.05) is 42.3 Å². The molecular weight excluding hydrogens is 354 g/mol. The number of hydrogen-bond acceptors (Lipinski definition) is 5. The molecule has 0 radical (unpaired) electrons. The first-order valence-corrected chi connectivity index (χ1v) is 8.49. The molecule has 134 valence electrons. The quantitative estimate of drug-likeness (QED) is 0.874. The van der Waals surface area contributed by atoms with Crippen LogP contribution in [0.15, 0.2) is 42.5 Å². The lowest BCUT2D eigenvalue weighted by Gasteiger charge is -2.29. The van der Waals surface area contributed by atoms with Crippen LogP contribution in [0.2, 0.25) is 5.02 Å². The Balaban J connectivity index is 1.50. The molecule has 1 N–H and O–H groups in total. The first-order chi connectivity index (χ1) is 12.5. The number of fused-ring (bicyclic) bond motifs is 1. The Morgan fingerprint density at radius 1 is 1.35 bits per heavy atom. The third kappa shape index (κ3) is 4.45. The number of nitrogens with one attached hydrogen (secondary N) is 1. The highest BCUT2D eigenvalue weighted by atomic mass is 35.5. The first kappa shape index (κ1) is 18.1. The summed E-state index contributed by atoms with van der Waals surface area (Å²) in [6.07, 6.45) is -0.146. The summed E-state index contributed by atoms with van der Waals surface area (Å²) in [6.45, 7) is 1.18. The standard InChI is InChI=1S/C19H18ClN3O3/c1-23(10-15-12-25-17-4-2-3-5-18(17)26-15)11-19(24)22-14-7-6-13(9-21)16(20)8-14/h2-8,15H,10-12H2,1H3,(H,22,24)/t15-/m1/s1. The van der Waals surface area contributed by atoms with Gasteiger partial charge in [-0.2, -0.15) is 5.26 Å². The van der Waals surface area contributed by atoms with Gasteiger partial charge in [0.2, 0.25) is 5.91 Å². The van der Waals surface area contributed by atoms with Crippen LogP contribution in [-0.2, 0) is 4.79 Å². The summed E-state index contributed by atoms with van der Waals surface area (Å²) in [5, 5.41) is 12.0. The van der Waals surface area contributed by atoms with Crippen molar-refractivity contribution in [3.05, 3.63) is 53.1 Å². The van der Waals surface area contributed by atoms with Gasteiger partial charge in [-0.15, -0.1) is 0 Å². The van der Waals surface area contributed by atoms with Crippen LogP contribution in [0, 0.1) is 11.3 Å². The maximum Gasteiger partial charge on any atom is 0.238 e. The second kappa shape index (κ2) is 8.09. The van der Waals surface area contributed by atoms with Gasteiger partial charge in [-0.1, -0.05) is 23.7 Å². The predicted octanol–water partition coefficient (Wildman–Crippen LogP) is 2.92. The van der Waals surface area contributed by atoms with Gasteiger partial charge in [-0.05, 0) is 37.4 Å². The highest BCUT2D eigenvalue weighted by molar-refractivity contribution is 6.32. The average molecular weight is 372 g/mol. The molecule has 7 heteroatoms. The van der Waals surface area contributed by atoms with Crippen LogP contribution >= 0.6 is 11.6 Å². The Morgan fingerprint density at radius 2 is 2.12 bits per heavy atom. The summed E-state index contributed by atoms with van der Waals surface area (Å²) in [6, 6.07) is 14.3. The van der Waals surface area contributed by atoms with Crippen LogP contribution in [0.5, 0.6) is 11.5 Å². The molecule has 0 unspecified atom stereocenters. The largest absolute Gasteiger partial charge is 0.486 e. The summed E-state index contributed by atoms with van der Waals surface area (Å²) in [4.78, 5) is 14.1. The SMILES string of the molecule is CN(CC(=O)Nc1ccc(C#N)c(Cl)c1)C[C@@H]1COc2ccccc2O1. The average Bonchev–Trinajstić information content (AvgIpc) is 2.61. The minimum absolute atomic E-state index is 0.146. The molecule has 0 aromatic heterocycles. The summed E-state index contributed by atoms with van der Waals surface area (Å²) in [7, 11) is 1.84. The predicted molar refractivity (Wildman–Crippen MR) is 98.6 cm³/mol. The molecule has 0 saturated heterocycles. The maximum atomic E-state index is 12.2. The van der Waals surface area contributed by atoms with E-state index in [-0.39, 0.29) is 18.6 Å². The summed E-state index contributed by atoms with van der Waals surface area (Å²) in [5.41, 5.74) is 0.926. The number of hydrogen-bond donors (Lipinski definition) is 1. The van der Waals surface area contributed by atoms with Crippen molar-refractivity contribution in [3.8, 4) is 17.6 Å². The maximum absolute atomic E-state index is 12.2. The molecule has 1 heterocycles. The van der Waals surface area contributed by atoms with Crippen molar-refractivity contribution in [1.29, 1.82) is 5.26 Å². The first-order valence-electron chi connectivity index (χ1n) is 8.11. The van der Waals surface area contributed by atoms with Crippen molar-refractivity contribution in [1.82, 2.24) is 4.90 Å². The van der Waals surface area contributed by atoms with Crippen LogP contribution < -0.4 is 14.8 Å². The minimum Gasteiger partial charge on any atom is -0.486 e. The van der Waals surface area contributed by atoms with Gasteiger partial charge < -0.3 is 14.8 Å². The molecule has 2 aromatic carbocycles. The molecule has 1 aliphatic heterocycles. The normalized spacial score (nSPS) is 15.4. The third-order valence-corrected chi connectivity index (χ3v) is 4.18. The van der Waals surface area contributed by atoms with Gasteiger partial charge in [-0.3, -0.25) is 9.69 Å². The molecule has 0 bridgehead atoms. The lowest BCUT2D eigenvalue weighted by atomic mass is 10.2. The molecule has 0 spiro atoms. The Bertz CT molecular complexity index is 850. The van der Waals surface area contributed by atoms with E-state index in [4.69, 9.17) is 26.3 Å². The van der Waals surface area contributed by atoms with E-state index in [1.165, 1.54) is 0 Å². The van der Waals surface area contributed by atoms with E-state index in [2.05, 4.69) is 5.32 Å². The molecule has 2 aromatic rings. The van der Waals surface area contributed by atoms with Gasteiger partial charge >= 0.3 is 0 Å². The molecule has 6 nitrogen and oxygen atoms in total. The third-order valence-electron chi connectivity index (χ3n) is 3.87. The number of anilines is 1. The van der Waals surface area contributed by atoms with Crippen LogP contribution in [-0.4, -0.2) is 43.7 Å². The summed E-state index contributed by atoms with van der Waals surface area (Å²) in [5.74, 6) is 1.28. The highest BCUT2D eigenvalue weighted by Gasteiger charge is 2.22. The van der Waals surface area contributed by atoms with Crippen molar-refractivity contribution < 1.29 is 14.3 Å². The van der Waals surface area contributed by atoms with E-state index >= 15 is 0 Å². The monoisotopic (exact) mass is 371 g/mol. The van der Waals surface area contributed by atoms with Crippen molar-refractivity contribution in [3.63, 3.8) is 0 Å². The topological polar surface area (TPSA) is 74.6 Å². The zero-order chi connectivity index (χ0) is 18.5. The lowest BCUT2D eigenvalue weighted by molar-refractivity contribution is -0.117. The van der Waals surface area contributed by atoms with Crippen molar-refractivity contribution in [2.45, 2.75) is 6.10 Å². The van der Waals surface area contributed by atoms with Gasteiger partial charge in [0.25, 0.3) is 0 Å². The fourth-order valence-corrected chi connectivity index (χ4v) is 2.92. The molecule has 26 heavy (non-hydrogen) atoms. The lowest BCUT2D eigenvalue weighted by Crippen LogP contribution is -2.42. The van der Waals surface area contributed by atoms with Gasteiger partial charge in [-0.25, -0.2) is 0 Å². The number of rotatable bonds is 5. The molecule has 0 aliphatic carbocycles. The molecule has 1 amide bonds. The Hall–Kier alpha value is -2.75. The summed E-state index contributed by atoms with van der Waals surface area (Å²) >= 11 is 5.97. The summed E-state index contributed by atoms with van der Waals surface area (Å²) < 4.78 is 11.6. The highest BCUT2D eigenvalue weighted by Crippen LogP contribution is 2.30. The van der Waals surface area contributed by atoms with E-state index in [1.54, 1.807) is 18.2 Å². The van der Waals surface area contributed by atoms with Gasteiger partial charge in [0.05, 0.1) is 17.1 Å². The van der Waals surface area contributed by atoms with Crippen molar-refractivity contribution in [2.24, 2.45) is 0 Å². The molecular formula is C19H18ClN3O3. The molecule has 1 atom stereocenters. The Morgan fingerprint density at radius 3 is 2.85 bits per heavy atom. The number of carbonyl (C=O) groups excluding carboxylic acids is 1. The van der Waals surface area contributed by atoms with Crippen molar-refractivity contribution in [2.75, 3.05) is 32.1 Å². The number of amides is 1. The fourth-order valence-electron chi connectivity index (χ4n) is 2.69. The van der Waals surface area contributed by atoms with E-state index in [9.17, 15) is 4.79 Å². The number of ether oxygens (including phenoxy) is 2. The smallest absolute Gasteiger partial charge is 0.238 e. The molecule has 0 fully saturated rings. The number of para-hydroxylation sites is 2. The van der Waals surface area contributed by atoms with Crippen LogP contribution in [0.4, 0.5) is 5.69 Å². The number of halogens is 1. The Labute approximate surface area is 156 Å². The molecule has 1 aliphatic rings. The van der Waals surface area contributed by atoms with Crippen LogP contribution in [0.1, 0.15) is 5.56 Å². The number of likely N-dealkylation sites (N-methyl/N-ethyl adjacent to an activating group) is 1. The zero-order valence-corrected chi connectivity index (χ0v) is 15.0. The van der Waals surface area contributed by atoms with Crippen LogP contribution in [0.25, 0.3) is 0 Å². The van der Waals surface area contributed by atoms with E-state index in [0.717, 1.165) is 5.75 Å². The van der Waals surface area contributed by atoms with Gasteiger partial charge in [0.1, 0.15) is 18.8 Å². The number of benzene rings is 2. The number of nitriles is 1.